The van der Waals surface area contributed by atoms with Gasteiger partial charge in [0.1, 0.15) is 36.4 Å². The number of fused-ring (bicyclic) bond motifs is 1. The number of carboxylic acids is 1. The molecular formula is C29H38F6N6O10. The summed E-state index contributed by atoms with van der Waals surface area (Å²) in [5.41, 5.74) is -2.70. The summed E-state index contributed by atoms with van der Waals surface area (Å²) < 4.78 is 88.9. The number of hydrogen-bond acceptors (Lipinski definition) is 10. The van der Waals surface area contributed by atoms with Crippen molar-refractivity contribution < 1.29 is 74.8 Å². The van der Waals surface area contributed by atoms with E-state index in [2.05, 4.69) is 21.3 Å². The van der Waals surface area contributed by atoms with Crippen LogP contribution in [0.1, 0.15) is 33.6 Å². The molecule has 0 aliphatic carbocycles. The van der Waals surface area contributed by atoms with E-state index in [-0.39, 0.29) is 37.4 Å². The van der Waals surface area contributed by atoms with Crippen molar-refractivity contribution in [2.45, 2.75) is 69.5 Å². The number of halogens is 6. The zero-order chi connectivity index (χ0) is 38.7. The van der Waals surface area contributed by atoms with Crippen molar-refractivity contribution in [3.63, 3.8) is 0 Å². The van der Waals surface area contributed by atoms with Crippen molar-refractivity contribution >= 4 is 41.4 Å². The number of ether oxygens (including phenoxy) is 2. The highest BCUT2D eigenvalue weighted by Crippen LogP contribution is 2.35. The zero-order valence-electron chi connectivity index (χ0n) is 27.5. The van der Waals surface area contributed by atoms with Crippen LogP contribution >= 0.6 is 0 Å². The molecule has 0 saturated carbocycles. The van der Waals surface area contributed by atoms with E-state index >= 15 is 0 Å². The molecule has 0 unspecified atom stereocenters. The van der Waals surface area contributed by atoms with Gasteiger partial charge in [0.25, 0.3) is 5.91 Å². The van der Waals surface area contributed by atoms with Crippen molar-refractivity contribution in [2.24, 2.45) is 0 Å². The highest BCUT2D eigenvalue weighted by molar-refractivity contribution is 5.99. The average molecular weight is 745 g/mol. The predicted molar refractivity (Wildman–Crippen MR) is 162 cm³/mol. The third-order valence-electron chi connectivity index (χ3n) is 7.17. The third kappa shape index (κ3) is 12.8. The summed E-state index contributed by atoms with van der Waals surface area (Å²) in [5.74, 6) is -11.0. The van der Waals surface area contributed by atoms with Gasteiger partial charge in [-0.3, -0.25) is 24.5 Å². The fourth-order valence-corrected chi connectivity index (χ4v) is 4.43. The molecule has 1 heterocycles. The molecule has 16 nitrogen and oxygen atoms in total. The molecule has 0 bridgehead atoms. The third-order valence-corrected chi connectivity index (χ3v) is 7.17. The molecule has 0 fully saturated rings. The molecule has 1 aliphatic heterocycles. The first-order chi connectivity index (χ1) is 23.6. The Labute approximate surface area is 286 Å². The summed E-state index contributed by atoms with van der Waals surface area (Å²) in [6, 6.07) is 0.505. The maximum Gasteiger partial charge on any atom is 0.455 e. The van der Waals surface area contributed by atoms with Crippen molar-refractivity contribution in [3.8, 4) is 5.75 Å². The molecule has 286 valence electrons. The van der Waals surface area contributed by atoms with Gasteiger partial charge in [0, 0.05) is 39.0 Å². The Hall–Kier alpha value is -4.86. The maximum absolute atomic E-state index is 14.2. The molecular weight excluding hydrogens is 706 g/mol. The van der Waals surface area contributed by atoms with Crippen molar-refractivity contribution in [1.82, 2.24) is 26.6 Å². The second kappa shape index (κ2) is 17.9. The van der Waals surface area contributed by atoms with Crippen LogP contribution in [-0.2, 0) is 28.7 Å². The van der Waals surface area contributed by atoms with E-state index in [1.807, 2.05) is 0 Å². The fraction of sp³-hybridized carbons (Fsp3) is 0.586. The Morgan fingerprint density at radius 1 is 1.04 bits per heavy atom. The predicted octanol–water partition coefficient (Wildman–Crippen LogP) is 0.175. The number of aliphatic hydroxyl groups is 1. The van der Waals surface area contributed by atoms with Gasteiger partial charge in [-0.2, -0.15) is 22.0 Å². The highest BCUT2D eigenvalue weighted by atomic mass is 19.4. The first-order valence-corrected chi connectivity index (χ1v) is 15.2. The number of rotatable bonds is 17. The van der Waals surface area contributed by atoms with Crippen LogP contribution in [0.4, 0.5) is 36.8 Å². The number of nitrogens with one attached hydrogen (secondary N) is 5. The van der Waals surface area contributed by atoms with Crippen LogP contribution in [0.15, 0.2) is 18.2 Å². The SMILES string of the molecule is CC(=O)N[C@@H](CCC(=O)NCCNC(=O)OCCN1C(=O)[C@@H](NC[C@](C)(O)C(=O)NCC(F)(F)C(F)(F)F)[C@@H](C)Oc2ccc(F)cc21)C(=O)O. The van der Waals surface area contributed by atoms with Crippen molar-refractivity contribution in [3.05, 3.63) is 24.0 Å². The lowest BCUT2D eigenvalue weighted by atomic mass is 10.0. The fourth-order valence-electron chi connectivity index (χ4n) is 4.43. The lowest BCUT2D eigenvalue weighted by Crippen LogP contribution is -2.60. The minimum Gasteiger partial charge on any atom is -0.486 e. The van der Waals surface area contributed by atoms with Gasteiger partial charge < -0.3 is 45.9 Å². The van der Waals surface area contributed by atoms with Gasteiger partial charge in [-0.15, -0.1) is 0 Å². The molecule has 5 amide bonds. The first-order valence-electron chi connectivity index (χ1n) is 15.2. The lowest BCUT2D eigenvalue weighted by Gasteiger charge is -2.30. The van der Waals surface area contributed by atoms with Gasteiger partial charge in [0.05, 0.1) is 18.8 Å². The van der Waals surface area contributed by atoms with E-state index in [9.17, 15) is 60.2 Å². The van der Waals surface area contributed by atoms with Gasteiger partial charge in [-0.05, 0) is 32.4 Å². The number of carboxylic acid groups (broad SMARTS) is 1. The lowest BCUT2D eigenvalue weighted by molar-refractivity contribution is -0.279. The van der Waals surface area contributed by atoms with Gasteiger partial charge in [-0.25, -0.2) is 14.0 Å². The van der Waals surface area contributed by atoms with Crippen LogP contribution in [0, 0.1) is 5.82 Å². The number of alkyl carbamates (subject to hydrolysis) is 1. The molecule has 1 aromatic carbocycles. The summed E-state index contributed by atoms with van der Waals surface area (Å²) in [5, 5.41) is 30.4. The standard InChI is InChI=1S/C29H38F6N6O10/c1-15-22(38-13-27(3,49)25(47)39-14-28(31,32)29(33,34)35)23(44)41(19-12-17(30)4-6-20(19)51-15)10-11-50-26(48)37-9-8-36-21(43)7-5-18(24(45)46)40-16(2)42/h4,6,12,15,18,22,38,49H,5,7-11,13-14H2,1-3H3,(H,36,43)(H,37,48)(H,39,47)(H,40,42)(H,45,46)/t15-,18+,22+,27+/m1/s1. The number of anilines is 1. The van der Waals surface area contributed by atoms with E-state index in [0.29, 0.717) is 0 Å². The van der Waals surface area contributed by atoms with Crippen LogP contribution < -0.4 is 36.2 Å². The Balaban J connectivity index is 1.97. The van der Waals surface area contributed by atoms with Crippen LogP contribution in [0.5, 0.6) is 5.75 Å². The molecule has 4 atom stereocenters. The zero-order valence-corrected chi connectivity index (χ0v) is 27.5. The number of carbonyl (C=O) groups excluding carboxylic acids is 5. The van der Waals surface area contributed by atoms with E-state index < -0.39 is 104 Å². The molecule has 22 heteroatoms. The van der Waals surface area contributed by atoms with Crippen molar-refractivity contribution in [2.75, 3.05) is 44.2 Å². The smallest absolute Gasteiger partial charge is 0.455 e. The Morgan fingerprint density at radius 2 is 1.69 bits per heavy atom. The number of alkyl halides is 5. The van der Waals surface area contributed by atoms with Gasteiger partial charge in [0.2, 0.25) is 17.7 Å². The Bertz CT molecular complexity index is 1450. The Kier molecular flexibility index (Phi) is 14.8. The molecule has 0 aromatic heterocycles. The molecule has 1 aliphatic rings. The quantitative estimate of drug-likeness (QED) is 0.0842. The molecule has 0 saturated heterocycles. The molecule has 1 aromatic rings. The van der Waals surface area contributed by atoms with Gasteiger partial charge >= 0.3 is 24.2 Å². The minimum absolute atomic E-state index is 0.00683. The van der Waals surface area contributed by atoms with Crippen LogP contribution in [0.3, 0.4) is 0 Å². The van der Waals surface area contributed by atoms with E-state index in [1.165, 1.54) is 18.3 Å². The summed E-state index contributed by atoms with van der Waals surface area (Å²) in [7, 11) is 0. The number of carbonyl (C=O) groups is 6. The maximum atomic E-state index is 14.2. The summed E-state index contributed by atoms with van der Waals surface area (Å²) >= 11 is 0. The molecule has 7 N–H and O–H groups in total. The first kappa shape index (κ1) is 42.3. The second-order valence-corrected chi connectivity index (χ2v) is 11.5. The largest absolute Gasteiger partial charge is 0.486 e. The van der Waals surface area contributed by atoms with Gasteiger partial charge in [-0.1, -0.05) is 0 Å². The Morgan fingerprint density at radius 3 is 2.29 bits per heavy atom. The summed E-state index contributed by atoms with van der Waals surface area (Å²) in [4.78, 5) is 73.3. The number of hydrogen-bond donors (Lipinski definition) is 7. The number of benzene rings is 1. The van der Waals surface area contributed by atoms with Crippen LogP contribution in [-0.4, -0.2) is 121 Å². The number of amides is 5. The molecule has 0 spiro atoms. The second-order valence-electron chi connectivity index (χ2n) is 11.5. The average Bonchev–Trinajstić information content (AvgIpc) is 3.11. The highest BCUT2D eigenvalue weighted by Gasteiger charge is 2.57. The van der Waals surface area contributed by atoms with Crippen LogP contribution in [0.2, 0.25) is 0 Å². The molecule has 0 radical (unpaired) electrons. The van der Waals surface area contributed by atoms with E-state index in [0.717, 1.165) is 30.9 Å². The number of aliphatic carboxylic acids is 1. The van der Waals surface area contributed by atoms with Gasteiger partial charge in [0.15, 0.2) is 5.60 Å². The minimum atomic E-state index is -5.96. The summed E-state index contributed by atoms with van der Waals surface area (Å²) in [6.45, 7) is -0.765. The molecule has 2 rings (SSSR count). The molecule has 51 heavy (non-hydrogen) atoms. The van der Waals surface area contributed by atoms with Crippen molar-refractivity contribution in [1.29, 1.82) is 0 Å². The summed E-state index contributed by atoms with van der Waals surface area (Å²) in [6.07, 6.45) is -8.45. The topological polar surface area (TPSA) is 225 Å². The monoisotopic (exact) mass is 744 g/mol. The van der Waals surface area contributed by atoms with Crippen LogP contribution in [0.25, 0.3) is 0 Å². The number of nitrogens with zero attached hydrogens (tertiary/aromatic N) is 1. The van der Waals surface area contributed by atoms with E-state index in [4.69, 9.17) is 14.6 Å². The normalized spacial score (nSPS) is 17.8. The van der Waals surface area contributed by atoms with E-state index in [1.54, 1.807) is 0 Å².